The average molecular weight is 386 g/mol. The van der Waals surface area contributed by atoms with Crippen molar-refractivity contribution in [2.75, 3.05) is 0 Å². The van der Waals surface area contributed by atoms with Crippen LogP contribution in [0.2, 0.25) is 5.02 Å². The highest BCUT2D eigenvalue weighted by molar-refractivity contribution is 9.10. The minimum Gasteiger partial charge on any atom is -0.207 e. The Kier molecular flexibility index (Phi) is 5.01. The molecule has 0 heterocycles. The summed E-state index contributed by atoms with van der Waals surface area (Å²) in [6.45, 7) is 0.154. The molecule has 1 N–H and O–H groups in total. The van der Waals surface area contributed by atoms with E-state index in [1.54, 1.807) is 0 Å². The molecule has 0 amide bonds. The summed E-state index contributed by atoms with van der Waals surface area (Å²) in [5, 5.41) is 8.90. The zero-order valence-corrected chi connectivity index (χ0v) is 13.8. The predicted octanol–water partition coefficient (Wildman–Crippen LogP) is 3.45. The van der Waals surface area contributed by atoms with Crippen LogP contribution in [0.25, 0.3) is 0 Å². The molecule has 0 spiro atoms. The van der Waals surface area contributed by atoms with Gasteiger partial charge in [0, 0.05) is 11.0 Å². The largest absolute Gasteiger partial charge is 0.240 e. The van der Waals surface area contributed by atoms with Crippen LogP contribution in [0.3, 0.4) is 0 Å². The van der Waals surface area contributed by atoms with Crippen molar-refractivity contribution in [3.8, 4) is 6.07 Å². The number of benzene rings is 2. The minimum absolute atomic E-state index is 0.0264. The molecule has 0 aliphatic heterocycles. The second-order valence-corrected chi connectivity index (χ2v) is 7.20. The monoisotopic (exact) mass is 384 g/mol. The van der Waals surface area contributed by atoms with Crippen molar-refractivity contribution >= 4 is 37.6 Å². The van der Waals surface area contributed by atoms with Crippen LogP contribution >= 0.6 is 27.5 Å². The smallest absolute Gasteiger partial charge is 0.207 e. The lowest BCUT2D eigenvalue weighted by Crippen LogP contribution is -2.23. The van der Waals surface area contributed by atoms with E-state index in [0.29, 0.717) is 0 Å². The van der Waals surface area contributed by atoms with Gasteiger partial charge < -0.3 is 0 Å². The minimum atomic E-state index is -3.69. The van der Waals surface area contributed by atoms with Crippen LogP contribution in [0, 0.1) is 11.3 Å². The number of nitriles is 1. The fourth-order valence-corrected chi connectivity index (χ4v) is 3.40. The van der Waals surface area contributed by atoms with Gasteiger partial charge in [0.1, 0.15) is 6.07 Å². The van der Waals surface area contributed by atoms with Crippen LogP contribution in [0.15, 0.2) is 51.8 Å². The maximum absolute atomic E-state index is 12.2. The van der Waals surface area contributed by atoms with Gasteiger partial charge in [-0.3, -0.25) is 0 Å². The van der Waals surface area contributed by atoms with E-state index in [9.17, 15) is 8.42 Å². The first-order chi connectivity index (χ1) is 9.94. The highest BCUT2D eigenvalue weighted by Crippen LogP contribution is 2.21. The second-order valence-electron chi connectivity index (χ2n) is 4.17. The molecule has 4 nitrogen and oxygen atoms in total. The van der Waals surface area contributed by atoms with Crippen LogP contribution in [-0.2, 0) is 16.6 Å². The first kappa shape index (κ1) is 16.0. The molecule has 0 bridgehead atoms. The van der Waals surface area contributed by atoms with Crippen LogP contribution in [0.4, 0.5) is 0 Å². The van der Waals surface area contributed by atoms with E-state index in [1.807, 2.05) is 30.3 Å². The van der Waals surface area contributed by atoms with Gasteiger partial charge in [-0.2, -0.15) is 5.26 Å². The lowest BCUT2D eigenvalue weighted by Gasteiger charge is -2.09. The van der Waals surface area contributed by atoms with Gasteiger partial charge in [0.25, 0.3) is 0 Å². The summed E-state index contributed by atoms with van der Waals surface area (Å²) in [5.74, 6) is 0. The highest BCUT2D eigenvalue weighted by Gasteiger charge is 2.16. The number of halogens is 2. The van der Waals surface area contributed by atoms with E-state index in [-0.39, 0.29) is 22.0 Å². The summed E-state index contributed by atoms with van der Waals surface area (Å²) < 4.78 is 27.7. The third-order valence-electron chi connectivity index (χ3n) is 2.78. The summed E-state index contributed by atoms with van der Waals surface area (Å²) in [6.07, 6.45) is 0. The third-order valence-corrected chi connectivity index (χ3v) is 5.27. The number of rotatable bonds is 4. The molecule has 21 heavy (non-hydrogen) atoms. The van der Waals surface area contributed by atoms with E-state index >= 15 is 0 Å². The lowest BCUT2D eigenvalue weighted by molar-refractivity contribution is 0.581. The number of hydrogen-bond acceptors (Lipinski definition) is 3. The maximum atomic E-state index is 12.2. The normalized spacial score (nSPS) is 11.1. The standard InChI is InChI=1S/C14H10BrClN2O2S/c15-13-4-2-1-3-11(13)9-18-21(19,20)12-6-5-10(8-17)14(16)7-12/h1-7,18H,9H2. The molecule has 0 aromatic heterocycles. The van der Waals surface area contributed by atoms with E-state index in [0.717, 1.165) is 10.0 Å². The Balaban J connectivity index is 2.21. The third kappa shape index (κ3) is 3.83. The summed E-state index contributed by atoms with van der Waals surface area (Å²) in [6, 6.07) is 13.2. The molecule has 0 aliphatic rings. The zero-order valence-electron chi connectivity index (χ0n) is 10.7. The highest BCUT2D eigenvalue weighted by atomic mass is 79.9. The fourth-order valence-electron chi connectivity index (χ4n) is 1.65. The van der Waals surface area contributed by atoms with Crippen molar-refractivity contribution in [1.82, 2.24) is 4.72 Å². The Labute approximate surface area is 136 Å². The first-order valence-corrected chi connectivity index (χ1v) is 8.52. The molecule has 2 aromatic rings. The van der Waals surface area contributed by atoms with Crippen LogP contribution in [-0.4, -0.2) is 8.42 Å². The van der Waals surface area contributed by atoms with Gasteiger partial charge in [0.2, 0.25) is 10.0 Å². The molecule has 0 atom stereocenters. The Morgan fingerprint density at radius 1 is 1.24 bits per heavy atom. The molecule has 0 fully saturated rings. The van der Waals surface area contributed by atoms with Crippen molar-refractivity contribution in [3.05, 3.63) is 63.1 Å². The van der Waals surface area contributed by atoms with Gasteiger partial charge in [-0.15, -0.1) is 0 Å². The Morgan fingerprint density at radius 3 is 2.57 bits per heavy atom. The van der Waals surface area contributed by atoms with Crippen LogP contribution in [0.1, 0.15) is 11.1 Å². The van der Waals surface area contributed by atoms with Crippen molar-refractivity contribution in [2.45, 2.75) is 11.4 Å². The Bertz CT molecular complexity index is 816. The average Bonchev–Trinajstić information content (AvgIpc) is 2.46. The van der Waals surface area contributed by atoms with E-state index in [2.05, 4.69) is 20.7 Å². The summed E-state index contributed by atoms with van der Waals surface area (Å²) >= 11 is 9.21. The molecule has 7 heteroatoms. The summed E-state index contributed by atoms with van der Waals surface area (Å²) in [5.41, 5.74) is 1.06. The van der Waals surface area contributed by atoms with Gasteiger partial charge in [0.15, 0.2) is 0 Å². The SMILES string of the molecule is N#Cc1ccc(S(=O)(=O)NCc2ccccc2Br)cc1Cl. The molecule has 0 unspecified atom stereocenters. The van der Waals surface area contributed by atoms with E-state index in [4.69, 9.17) is 16.9 Å². The first-order valence-electron chi connectivity index (χ1n) is 5.87. The van der Waals surface area contributed by atoms with Crippen molar-refractivity contribution in [1.29, 1.82) is 5.26 Å². The predicted molar refractivity (Wildman–Crippen MR) is 84.3 cm³/mol. The van der Waals surface area contributed by atoms with Gasteiger partial charge in [-0.25, -0.2) is 13.1 Å². The van der Waals surface area contributed by atoms with Gasteiger partial charge >= 0.3 is 0 Å². The molecule has 0 saturated carbocycles. The molecule has 0 saturated heterocycles. The lowest BCUT2D eigenvalue weighted by atomic mass is 10.2. The maximum Gasteiger partial charge on any atom is 0.240 e. The molecular weight excluding hydrogens is 376 g/mol. The van der Waals surface area contributed by atoms with Crippen molar-refractivity contribution < 1.29 is 8.42 Å². The van der Waals surface area contributed by atoms with Crippen molar-refractivity contribution in [3.63, 3.8) is 0 Å². The number of hydrogen-bond donors (Lipinski definition) is 1. The second kappa shape index (κ2) is 6.58. The topological polar surface area (TPSA) is 70.0 Å². The Morgan fingerprint density at radius 2 is 1.95 bits per heavy atom. The number of sulfonamides is 1. The van der Waals surface area contributed by atoms with Crippen molar-refractivity contribution in [2.24, 2.45) is 0 Å². The van der Waals surface area contributed by atoms with Crippen LogP contribution in [0.5, 0.6) is 0 Å². The van der Waals surface area contributed by atoms with E-state index < -0.39 is 10.0 Å². The van der Waals surface area contributed by atoms with Gasteiger partial charge in [-0.1, -0.05) is 45.7 Å². The zero-order chi connectivity index (χ0) is 15.5. The molecule has 108 valence electrons. The Hall–Kier alpha value is -1.39. The molecule has 0 aliphatic carbocycles. The molecule has 2 aromatic carbocycles. The molecule has 0 radical (unpaired) electrons. The fraction of sp³-hybridized carbons (Fsp3) is 0.0714. The number of nitrogens with one attached hydrogen (secondary N) is 1. The quantitative estimate of drug-likeness (QED) is 0.876. The molecule has 2 rings (SSSR count). The summed E-state index contributed by atoms with van der Waals surface area (Å²) in [4.78, 5) is 0.0264. The molecular formula is C14H10BrClN2O2S. The van der Waals surface area contributed by atoms with Gasteiger partial charge in [-0.05, 0) is 29.8 Å². The summed E-state index contributed by atoms with van der Waals surface area (Å²) in [7, 11) is -3.69. The van der Waals surface area contributed by atoms with E-state index in [1.165, 1.54) is 18.2 Å². The van der Waals surface area contributed by atoms with Crippen LogP contribution < -0.4 is 4.72 Å². The van der Waals surface area contributed by atoms with Gasteiger partial charge in [0.05, 0.1) is 15.5 Å². The number of nitrogens with zero attached hydrogens (tertiary/aromatic N) is 1.